The summed E-state index contributed by atoms with van der Waals surface area (Å²) in [4.78, 5) is 14.3. The smallest absolute Gasteiger partial charge is 0.283 e. The summed E-state index contributed by atoms with van der Waals surface area (Å²) >= 11 is 3.09. The summed E-state index contributed by atoms with van der Waals surface area (Å²) in [6, 6.07) is 7.54. The third kappa shape index (κ3) is 4.36. The van der Waals surface area contributed by atoms with Crippen LogP contribution in [0, 0.1) is 13.8 Å². The van der Waals surface area contributed by atoms with Crippen LogP contribution in [0.3, 0.4) is 0 Å². The molecule has 0 amide bonds. The molecule has 166 valence electrons. The lowest BCUT2D eigenvalue weighted by atomic mass is 10.2. The van der Waals surface area contributed by atoms with Gasteiger partial charge in [-0.1, -0.05) is 0 Å². The van der Waals surface area contributed by atoms with E-state index >= 15 is 0 Å². The number of morpholine rings is 1. The molecule has 32 heavy (non-hydrogen) atoms. The molecule has 0 saturated carbocycles. The predicted octanol–water partition coefficient (Wildman–Crippen LogP) is 4.35. The van der Waals surface area contributed by atoms with Crippen molar-refractivity contribution in [1.29, 1.82) is 0 Å². The second-order valence-electron chi connectivity index (χ2n) is 7.50. The van der Waals surface area contributed by atoms with Gasteiger partial charge >= 0.3 is 0 Å². The number of fused-ring (bicyclic) bond motifs is 1. The van der Waals surface area contributed by atoms with Crippen molar-refractivity contribution in [3.63, 3.8) is 0 Å². The summed E-state index contributed by atoms with van der Waals surface area (Å²) in [5.41, 5.74) is 2.04. The Kier molecular flexibility index (Phi) is 6.09. The molecule has 1 aliphatic rings. The number of benzene rings is 1. The molecule has 4 heterocycles. The molecule has 8 nitrogen and oxygen atoms in total. The molecule has 1 saturated heterocycles. The highest BCUT2D eigenvalue weighted by Crippen LogP contribution is 2.38. The SMILES string of the molecule is COc1ccc(-c2nnc(Sc3nc(CN4CCOCC4)nc4sc(C)c(C)c34)o2)cc1. The van der Waals surface area contributed by atoms with Crippen molar-refractivity contribution in [3.05, 3.63) is 40.5 Å². The highest BCUT2D eigenvalue weighted by molar-refractivity contribution is 7.99. The van der Waals surface area contributed by atoms with Crippen LogP contribution in [0.5, 0.6) is 5.75 Å². The van der Waals surface area contributed by atoms with Crippen molar-refractivity contribution in [2.24, 2.45) is 0 Å². The molecule has 0 spiro atoms. The van der Waals surface area contributed by atoms with Gasteiger partial charge in [0, 0.05) is 28.9 Å². The molecule has 0 aliphatic carbocycles. The minimum atomic E-state index is 0.455. The van der Waals surface area contributed by atoms with Gasteiger partial charge in [0.25, 0.3) is 5.22 Å². The zero-order valence-electron chi connectivity index (χ0n) is 18.1. The Balaban J connectivity index is 1.45. The minimum absolute atomic E-state index is 0.455. The molecule has 10 heteroatoms. The molecular weight excluding hydrogens is 446 g/mol. The lowest BCUT2D eigenvalue weighted by Crippen LogP contribution is -2.36. The molecular formula is C22H23N5O3S2. The first-order valence-corrected chi connectivity index (χ1v) is 12.0. The second-order valence-corrected chi connectivity index (χ2v) is 9.64. The molecule has 0 atom stereocenters. The first kappa shape index (κ1) is 21.3. The zero-order chi connectivity index (χ0) is 22.1. The Hall–Kier alpha value is -2.53. The first-order valence-electron chi connectivity index (χ1n) is 10.3. The van der Waals surface area contributed by atoms with E-state index < -0.39 is 0 Å². The maximum absolute atomic E-state index is 5.95. The van der Waals surface area contributed by atoms with E-state index in [4.69, 9.17) is 23.9 Å². The van der Waals surface area contributed by atoms with Crippen molar-refractivity contribution >= 4 is 33.3 Å². The van der Waals surface area contributed by atoms with Crippen LogP contribution in [-0.2, 0) is 11.3 Å². The summed E-state index contributed by atoms with van der Waals surface area (Å²) in [5, 5.41) is 10.8. The van der Waals surface area contributed by atoms with Crippen LogP contribution in [0.25, 0.3) is 21.7 Å². The average Bonchev–Trinajstić information content (AvgIpc) is 3.39. The van der Waals surface area contributed by atoms with Gasteiger partial charge in [0.1, 0.15) is 21.4 Å². The fraction of sp³-hybridized carbons (Fsp3) is 0.364. The Morgan fingerprint density at radius 1 is 1.09 bits per heavy atom. The molecule has 3 aromatic heterocycles. The summed E-state index contributed by atoms with van der Waals surface area (Å²) in [5.74, 6) is 2.05. The van der Waals surface area contributed by atoms with Gasteiger partial charge in [-0.25, -0.2) is 9.97 Å². The Morgan fingerprint density at radius 2 is 1.88 bits per heavy atom. The van der Waals surface area contributed by atoms with Crippen LogP contribution < -0.4 is 4.74 Å². The standard InChI is InChI=1S/C22H23N5O3S2/c1-13-14(2)31-20-18(13)21(24-17(23-20)12-27-8-10-29-11-9-27)32-22-26-25-19(30-22)15-4-6-16(28-3)7-5-15/h4-7H,8-12H2,1-3H3. The maximum atomic E-state index is 5.95. The molecule has 4 aromatic rings. The molecule has 5 rings (SSSR count). The number of ether oxygens (including phenoxy) is 2. The van der Waals surface area contributed by atoms with Crippen molar-refractivity contribution in [2.45, 2.75) is 30.6 Å². The monoisotopic (exact) mass is 469 g/mol. The van der Waals surface area contributed by atoms with Gasteiger partial charge in [-0.3, -0.25) is 4.90 Å². The lowest BCUT2D eigenvalue weighted by molar-refractivity contribution is 0.0330. The molecule has 0 N–H and O–H groups in total. The van der Waals surface area contributed by atoms with Crippen molar-refractivity contribution in [2.75, 3.05) is 33.4 Å². The quantitative estimate of drug-likeness (QED) is 0.383. The maximum Gasteiger partial charge on any atom is 0.283 e. The zero-order valence-corrected chi connectivity index (χ0v) is 19.8. The Bertz CT molecular complexity index is 1230. The largest absolute Gasteiger partial charge is 0.497 e. The lowest BCUT2D eigenvalue weighted by Gasteiger charge is -2.25. The van der Waals surface area contributed by atoms with E-state index in [0.29, 0.717) is 17.7 Å². The normalized spacial score (nSPS) is 14.8. The number of aromatic nitrogens is 4. The van der Waals surface area contributed by atoms with E-state index in [1.807, 2.05) is 24.3 Å². The van der Waals surface area contributed by atoms with E-state index in [2.05, 4.69) is 28.9 Å². The van der Waals surface area contributed by atoms with Crippen LogP contribution in [0.1, 0.15) is 16.3 Å². The number of nitrogens with zero attached hydrogens (tertiary/aromatic N) is 5. The van der Waals surface area contributed by atoms with Crippen LogP contribution in [0.4, 0.5) is 0 Å². The number of hydrogen-bond acceptors (Lipinski definition) is 10. The minimum Gasteiger partial charge on any atom is -0.497 e. The highest BCUT2D eigenvalue weighted by atomic mass is 32.2. The predicted molar refractivity (Wildman–Crippen MR) is 123 cm³/mol. The van der Waals surface area contributed by atoms with E-state index in [-0.39, 0.29) is 0 Å². The molecule has 1 aromatic carbocycles. The number of rotatable bonds is 6. The fourth-order valence-electron chi connectivity index (χ4n) is 3.54. The van der Waals surface area contributed by atoms with Gasteiger partial charge in [0.05, 0.1) is 26.9 Å². The molecule has 0 unspecified atom stereocenters. The van der Waals surface area contributed by atoms with Crippen LogP contribution >= 0.6 is 23.1 Å². The third-order valence-corrected chi connectivity index (χ3v) is 7.37. The molecule has 1 fully saturated rings. The second kappa shape index (κ2) is 9.14. The van der Waals surface area contributed by atoms with Gasteiger partial charge in [-0.2, -0.15) is 0 Å². The number of aryl methyl sites for hydroxylation is 2. The summed E-state index contributed by atoms with van der Waals surface area (Å²) in [6.07, 6.45) is 0. The molecule has 0 bridgehead atoms. The average molecular weight is 470 g/mol. The summed E-state index contributed by atoms with van der Waals surface area (Å²) in [7, 11) is 1.64. The molecule has 0 radical (unpaired) electrons. The third-order valence-electron chi connectivity index (χ3n) is 5.44. The fourth-order valence-corrected chi connectivity index (χ4v) is 5.53. The van der Waals surface area contributed by atoms with Crippen LogP contribution in [0.2, 0.25) is 0 Å². The first-order chi connectivity index (χ1) is 15.6. The van der Waals surface area contributed by atoms with E-state index in [0.717, 1.165) is 58.7 Å². The van der Waals surface area contributed by atoms with E-state index in [1.54, 1.807) is 18.4 Å². The van der Waals surface area contributed by atoms with Crippen molar-refractivity contribution in [3.8, 4) is 17.2 Å². The number of thiophene rings is 1. The number of methoxy groups -OCH3 is 1. The molecule has 1 aliphatic heterocycles. The summed E-state index contributed by atoms with van der Waals surface area (Å²) in [6.45, 7) is 8.20. The van der Waals surface area contributed by atoms with Crippen LogP contribution in [0.15, 0.2) is 38.9 Å². The van der Waals surface area contributed by atoms with E-state index in [1.165, 1.54) is 22.2 Å². The topological polar surface area (TPSA) is 86.4 Å². The van der Waals surface area contributed by atoms with Gasteiger partial charge in [-0.15, -0.1) is 21.5 Å². The van der Waals surface area contributed by atoms with E-state index in [9.17, 15) is 0 Å². The van der Waals surface area contributed by atoms with Crippen molar-refractivity contribution in [1.82, 2.24) is 25.1 Å². The van der Waals surface area contributed by atoms with Crippen LogP contribution in [-0.4, -0.2) is 58.5 Å². The Morgan fingerprint density at radius 3 is 2.62 bits per heavy atom. The van der Waals surface area contributed by atoms with Gasteiger partial charge in [0.15, 0.2) is 0 Å². The Labute approximate surface area is 194 Å². The number of hydrogen-bond donors (Lipinski definition) is 0. The van der Waals surface area contributed by atoms with Gasteiger partial charge < -0.3 is 13.9 Å². The summed E-state index contributed by atoms with van der Waals surface area (Å²) < 4.78 is 16.6. The highest BCUT2D eigenvalue weighted by Gasteiger charge is 2.20. The van der Waals surface area contributed by atoms with Gasteiger partial charge in [0.2, 0.25) is 5.89 Å². The van der Waals surface area contributed by atoms with Crippen molar-refractivity contribution < 1.29 is 13.9 Å². The van der Waals surface area contributed by atoms with Gasteiger partial charge in [-0.05, 0) is 55.4 Å².